The smallest absolute Gasteiger partial charge is 0.253 e. The Morgan fingerprint density at radius 1 is 1.20 bits per heavy atom. The number of hydrogen-bond donors (Lipinski definition) is 1. The van der Waals surface area contributed by atoms with Crippen molar-refractivity contribution in [2.45, 2.75) is 38.6 Å². The monoisotopic (exact) mass is 296 g/mol. The van der Waals surface area contributed by atoms with Gasteiger partial charge in [0.25, 0.3) is 5.91 Å². The molecule has 1 saturated carbocycles. The first-order valence-corrected chi connectivity index (χ1v) is 7.25. The molecular formula is C16H25ClN2O. The van der Waals surface area contributed by atoms with Crippen molar-refractivity contribution in [1.82, 2.24) is 4.90 Å². The maximum absolute atomic E-state index is 12.3. The number of rotatable bonds is 4. The lowest BCUT2D eigenvalue weighted by atomic mass is 9.89. The maximum atomic E-state index is 12.3. The standard InChI is InChI=1S/C16H24N2O.ClH/c1-18(12-14-5-3-2-4-6-14)16(19)15-9-7-13(11-17)8-10-15;/h7-10,14H,2-6,11-12,17H2,1H3;1H. The second-order valence-electron chi connectivity index (χ2n) is 5.59. The summed E-state index contributed by atoms with van der Waals surface area (Å²) in [6, 6.07) is 7.62. The molecule has 1 aliphatic rings. The summed E-state index contributed by atoms with van der Waals surface area (Å²) in [6.45, 7) is 1.41. The van der Waals surface area contributed by atoms with E-state index in [0.29, 0.717) is 12.5 Å². The zero-order chi connectivity index (χ0) is 13.7. The number of hydrogen-bond acceptors (Lipinski definition) is 2. The molecule has 0 saturated heterocycles. The van der Waals surface area contributed by atoms with Crippen molar-refractivity contribution < 1.29 is 4.79 Å². The Hall–Kier alpha value is -1.06. The van der Waals surface area contributed by atoms with Gasteiger partial charge in [0.05, 0.1) is 0 Å². The molecule has 20 heavy (non-hydrogen) atoms. The number of halogens is 1. The van der Waals surface area contributed by atoms with Crippen molar-refractivity contribution in [1.29, 1.82) is 0 Å². The first-order valence-electron chi connectivity index (χ1n) is 7.25. The molecule has 2 rings (SSSR count). The summed E-state index contributed by atoms with van der Waals surface area (Å²) in [5.41, 5.74) is 7.39. The van der Waals surface area contributed by atoms with Crippen molar-refractivity contribution >= 4 is 18.3 Å². The molecule has 0 bridgehead atoms. The highest BCUT2D eigenvalue weighted by Gasteiger charge is 2.19. The quantitative estimate of drug-likeness (QED) is 0.927. The third kappa shape index (κ3) is 4.50. The molecule has 0 heterocycles. The molecule has 1 aromatic rings. The van der Waals surface area contributed by atoms with E-state index in [1.165, 1.54) is 32.1 Å². The first kappa shape index (κ1) is 17.0. The van der Waals surface area contributed by atoms with Crippen molar-refractivity contribution in [2.75, 3.05) is 13.6 Å². The van der Waals surface area contributed by atoms with E-state index >= 15 is 0 Å². The Labute approximate surface area is 127 Å². The summed E-state index contributed by atoms with van der Waals surface area (Å²) in [7, 11) is 1.91. The van der Waals surface area contributed by atoms with E-state index < -0.39 is 0 Å². The molecule has 0 spiro atoms. The van der Waals surface area contributed by atoms with Gasteiger partial charge in [-0.25, -0.2) is 0 Å². The van der Waals surface area contributed by atoms with Gasteiger partial charge in [0.2, 0.25) is 0 Å². The van der Waals surface area contributed by atoms with Crippen molar-refractivity contribution in [3.8, 4) is 0 Å². The van der Waals surface area contributed by atoms with Crippen LogP contribution in [0.4, 0.5) is 0 Å². The summed E-state index contributed by atoms with van der Waals surface area (Å²) in [4.78, 5) is 14.2. The number of carbonyl (C=O) groups excluding carboxylic acids is 1. The first-order chi connectivity index (χ1) is 9.20. The predicted molar refractivity (Wildman–Crippen MR) is 85.1 cm³/mol. The number of carbonyl (C=O) groups is 1. The number of benzene rings is 1. The molecule has 1 fully saturated rings. The van der Waals surface area contributed by atoms with Crippen LogP contribution in [0.5, 0.6) is 0 Å². The van der Waals surface area contributed by atoms with E-state index in [-0.39, 0.29) is 18.3 Å². The fourth-order valence-corrected chi connectivity index (χ4v) is 2.84. The van der Waals surface area contributed by atoms with Crippen molar-refractivity contribution in [3.05, 3.63) is 35.4 Å². The Morgan fingerprint density at radius 3 is 2.35 bits per heavy atom. The van der Waals surface area contributed by atoms with Gasteiger partial charge >= 0.3 is 0 Å². The van der Waals surface area contributed by atoms with E-state index in [4.69, 9.17) is 5.73 Å². The van der Waals surface area contributed by atoms with Gasteiger partial charge in [-0.3, -0.25) is 4.79 Å². The fraction of sp³-hybridized carbons (Fsp3) is 0.562. The highest BCUT2D eigenvalue weighted by molar-refractivity contribution is 5.94. The van der Waals surface area contributed by atoms with Crippen LogP contribution in [0.15, 0.2) is 24.3 Å². The van der Waals surface area contributed by atoms with E-state index in [1.54, 1.807) is 0 Å². The van der Waals surface area contributed by atoms with E-state index in [2.05, 4.69) is 0 Å². The molecule has 4 heteroatoms. The van der Waals surface area contributed by atoms with Gasteiger partial charge in [0.1, 0.15) is 0 Å². The lowest BCUT2D eigenvalue weighted by molar-refractivity contribution is 0.0760. The topological polar surface area (TPSA) is 46.3 Å². The highest BCUT2D eigenvalue weighted by atomic mass is 35.5. The molecule has 0 aromatic heterocycles. The lowest BCUT2D eigenvalue weighted by Gasteiger charge is -2.27. The van der Waals surface area contributed by atoms with Gasteiger partial charge in [-0.15, -0.1) is 12.4 Å². The minimum Gasteiger partial charge on any atom is -0.341 e. The van der Waals surface area contributed by atoms with Crippen LogP contribution in [-0.2, 0) is 6.54 Å². The third-order valence-electron chi connectivity index (χ3n) is 4.04. The molecule has 0 atom stereocenters. The van der Waals surface area contributed by atoms with Crippen LogP contribution < -0.4 is 5.73 Å². The molecule has 112 valence electrons. The predicted octanol–water partition coefficient (Wildman–Crippen LogP) is 3.22. The molecule has 1 aromatic carbocycles. The van der Waals surface area contributed by atoms with Gasteiger partial charge in [0.15, 0.2) is 0 Å². The Kier molecular flexibility index (Phi) is 7.03. The van der Waals surface area contributed by atoms with Gasteiger partial charge in [-0.05, 0) is 36.5 Å². The van der Waals surface area contributed by atoms with Crippen LogP contribution >= 0.6 is 12.4 Å². The summed E-state index contributed by atoms with van der Waals surface area (Å²) >= 11 is 0. The number of amides is 1. The van der Waals surface area contributed by atoms with Crippen LogP contribution in [-0.4, -0.2) is 24.4 Å². The summed E-state index contributed by atoms with van der Waals surface area (Å²) in [6.07, 6.45) is 6.53. The molecular weight excluding hydrogens is 272 g/mol. The SMILES string of the molecule is CN(CC1CCCCC1)C(=O)c1ccc(CN)cc1.Cl. The molecule has 1 amide bonds. The number of nitrogens with two attached hydrogens (primary N) is 1. The molecule has 0 unspecified atom stereocenters. The Bertz CT molecular complexity index is 413. The zero-order valence-corrected chi connectivity index (χ0v) is 13.0. The molecule has 3 nitrogen and oxygen atoms in total. The van der Waals surface area contributed by atoms with E-state index in [0.717, 1.165) is 17.7 Å². The molecule has 1 aliphatic carbocycles. The van der Waals surface area contributed by atoms with Crippen LogP contribution in [0.3, 0.4) is 0 Å². The van der Waals surface area contributed by atoms with Gasteiger partial charge in [-0.1, -0.05) is 31.4 Å². The van der Waals surface area contributed by atoms with Crippen LogP contribution in [0.25, 0.3) is 0 Å². The second-order valence-corrected chi connectivity index (χ2v) is 5.59. The van der Waals surface area contributed by atoms with Gasteiger partial charge in [0, 0.05) is 25.7 Å². The average Bonchev–Trinajstić information content (AvgIpc) is 2.47. The maximum Gasteiger partial charge on any atom is 0.253 e. The Morgan fingerprint density at radius 2 is 1.80 bits per heavy atom. The molecule has 0 aliphatic heterocycles. The third-order valence-corrected chi connectivity index (χ3v) is 4.04. The minimum absolute atomic E-state index is 0. The highest BCUT2D eigenvalue weighted by Crippen LogP contribution is 2.24. The van der Waals surface area contributed by atoms with E-state index in [9.17, 15) is 4.79 Å². The van der Waals surface area contributed by atoms with Crippen LogP contribution in [0, 0.1) is 5.92 Å². The van der Waals surface area contributed by atoms with Crippen LogP contribution in [0.1, 0.15) is 48.0 Å². The second kappa shape index (κ2) is 8.28. The normalized spacial score (nSPS) is 15.5. The van der Waals surface area contributed by atoms with Crippen LogP contribution in [0.2, 0.25) is 0 Å². The summed E-state index contributed by atoms with van der Waals surface area (Å²) in [5, 5.41) is 0. The van der Waals surface area contributed by atoms with E-state index in [1.807, 2.05) is 36.2 Å². The molecule has 2 N–H and O–H groups in total. The summed E-state index contributed by atoms with van der Waals surface area (Å²) < 4.78 is 0. The minimum atomic E-state index is 0. The fourth-order valence-electron chi connectivity index (χ4n) is 2.84. The molecule has 0 radical (unpaired) electrons. The lowest BCUT2D eigenvalue weighted by Crippen LogP contribution is -2.32. The number of nitrogens with zero attached hydrogens (tertiary/aromatic N) is 1. The average molecular weight is 297 g/mol. The Balaban J connectivity index is 0.00000200. The van der Waals surface area contributed by atoms with Gasteiger partial charge in [-0.2, -0.15) is 0 Å². The van der Waals surface area contributed by atoms with Crippen molar-refractivity contribution in [2.24, 2.45) is 11.7 Å². The van der Waals surface area contributed by atoms with Crippen molar-refractivity contribution in [3.63, 3.8) is 0 Å². The summed E-state index contributed by atoms with van der Waals surface area (Å²) in [5.74, 6) is 0.806. The largest absolute Gasteiger partial charge is 0.341 e. The zero-order valence-electron chi connectivity index (χ0n) is 12.2. The van der Waals surface area contributed by atoms with Gasteiger partial charge < -0.3 is 10.6 Å².